The molecule has 1 unspecified atom stereocenters. The van der Waals surface area contributed by atoms with Gasteiger partial charge in [0.25, 0.3) is 0 Å². The van der Waals surface area contributed by atoms with Crippen molar-refractivity contribution in [3.05, 3.63) is 71.0 Å². The van der Waals surface area contributed by atoms with E-state index in [1.165, 1.54) is 0 Å². The van der Waals surface area contributed by atoms with Crippen LogP contribution in [0.2, 0.25) is 0 Å². The highest BCUT2D eigenvalue weighted by atomic mass is 19.2. The van der Waals surface area contributed by atoms with Crippen LogP contribution < -0.4 is 10.6 Å². The van der Waals surface area contributed by atoms with Crippen molar-refractivity contribution < 1.29 is 37.0 Å². The van der Waals surface area contributed by atoms with Gasteiger partial charge in [0, 0.05) is 18.5 Å². The molecule has 0 radical (unpaired) electrons. The lowest BCUT2D eigenvalue weighted by Gasteiger charge is -2.25. The molecule has 2 rings (SSSR count). The summed E-state index contributed by atoms with van der Waals surface area (Å²) in [6, 6.07) is 7.77. The van der Waals surface area contributed by atoms with E-state index < -0.39 is 53.1 Å². The maximum Gasteiger partial charge on any atom is 0.408 e. The Morgan fingerprint density at radius 3 is 2.14 bits per heavy atom. The Labute approximate surface area is 202 Å². The van der Waals surface area contributed by atoms with E-state index in [1.54, 1.807) is 51.1 Å². The van der Waals surface area contributed by atoms with Crippen LogP contribution >= 0.6 is 0 Å². The SMILES string of the molecule is COC(=O)C[C@@H](Cc1cc(F)c(F)cc1F)NC(=O)C(Cc1ccccc1)NC(=O)OC(C)(C)C. The Bertz CT molecular complexity index is 1040. The van der Waals surface area contributed by atoms with Crippen LogP contribution in [0.15, 0.2) is 42.5 Å². The van der Waals surface area contributed by atoms with Crippen molar-refractivity contribution in [3.63, 3.8) is 0 Å². The third-order valence-electron chi connectivity index (χ3n) is 4.83. The van der Waals surface area contributed by atoms with E-state index >= 15 is 0 Å². The lowest BCUT2D eigenvalue weighted by molar-refractivity contribution is -0.141. The van der Waals surface area contributed by atoms with E-state index in [1.807, 2.05) is 0 Å². The highest BCUT2D eigenvalue weighted by Crippen LogP contribution is 2.17. The van der Waals surface area contributed by atoms with Crippen molar-refractivity contribution in [1.82, 2.24) is 10.6 Å². The molecule has 0 aromatic heterocycles. The summed E-state index contributed by atoms with van der Waals surface area (Å²) in [6.07, 6.45) is -1.43. The minimum atomic E-state index is -1.36. The van der Waals surface area contributed by atoms with Gasteiger partial charge >= 0.3 is 12.1 Å². The van der Waals surface area contributed by atoms with Gasteiger partial charge in [-0.2, -0.15) is 0 Å². The third kappa shape index (κ3) is 9.30. The molecular formula is C25H29F3N2O5. The number of ether oxygens (including phenoxy) is 2. The van der Waals surface area contributed by atoms with E-state index in [4.69, 9.17) is 4.74 Å². The molecule has 35 heavy (non-hydrogen) atoms. The minimum Gasteiger partial charge on any atom is -0.469 e. The molecule has 0 fully saturated rings. The third-order valence-corrected chi connectivity index (χ3v) is 4.83. The molecule has 2 amide bonds. The zero-order valence-corrected chi connectivity index (χ0v) is 20.0. The lowest BCUT2D eigenvalue weighted by atomic mass is 10.0. The van der Waals surface area contributed by atoms with Crippen molar-refractivity contribution in [3.8, 4) is 0 Å². The number of amides is 2. The summed E-state index contributed by atoms with van der Waals surface area (Å²) < 4.78 is 51.1. The maximum atomic E-state index is 14.2. The van der Waals surface area contributed by atoms with Gasteiger partial charge in [0.1, 0.15) is 17.5 Å². The Morgan fingerprint density at radius 2 is 1.54 bits per heavy atom. The largest absolute Gasteiger partial charge is 0.469 e. The van der Waals surface area contributed by atoms with Crippen molar-refractivity contribution >= 4 is 18.0 Å². The number of rotatable bonds is 9. The van der Waals surface area contributed by atoms with Crippen LogP contribution in [0.5, 0.6) is 0 Å². The number of nitrogens with one attached hydrogen (secondary N) is 2. The normalized spacial score (nSPS) is 12.9. The van der Waals surface area contributed by atoms with Gasteiger partial charge in [-0.3, -0.25) is 9.59 Å². The van der Waals surface area contributed by atoms with Crippen molar-refractivity contribution in [2.45, 2.75) is 57.7 Å². The molecule has 190 valence electrons. The average Bonchev–Trinajstić information content (AvgIpc) is 2.76. The van der Waals surface area contributed by atoms with Gasteiger partial charge in [-0.25, -0.2) is 18.0 Å². The van der Waals surface area contributed by atoms with Crippen LogP contribution in [-0.4, -0.2) is 42.8 Å². The number of esters is 1. The quantitative estimate of drug-likeness (QED) is 0.408. The number of carbonyl (C=O) groups is 3. The lowest BCUT2D eigenvalue weighted by Crippen LogP contribution is -2.52. The molecule has 10 heteroatoms. The summed E-state index contributed by atoms with van der Waals surface area (Å²) in [5.41, 5.74) is -0.312. The molecule has 2 atom stereocenters. The van der Waals surface area contributed by atoms with Gasteiger partial charge in [-0.1, -0.05) is 30.3 Å². The van der Waals surface area contributed by atoms with Crippen molar-refractivity contribution in [1.29, 1.82) is 0 Å². The number of methoxy groups -OCH3 is 1. The first-order chi connectivity index (χ1) is 16.4. The van der Waals surface area contributed by atoms with Crippen LogP contribution in [0, 0.1) is 17.5 Å². The summed E-state index contributed by atoms with van der Waals surface area (Å²) in [4.78, 5) is 37.4. The summed E-state index contributed by atoms with van der Waals surface area (Å²) in [5, 5.41) is 5.10. The first-order valence-corrected chi connectivity index (χ1v) is 10.9. The zero-order chi connectivity index (χ0) is 26.2. The molecule has 7 nitrogen and oxygen atoms in total. The topological polar surface area (TPSA) is 93.7 Å². The molecule has 2 N–H and O–H groups in total. The number of hydrogen-bond donors (Lipinski definition) is 2. The number of halogens is 3. The fourth-order valence-corrected chi connectivity index (χ4v) is 3.26. The molecule has 0 bridgehead atoms. The van der Waals surface area contributed by atoms with E-state index in [9.17, 15) is 27.6 Å². The molecule has 0 saturated heterocycles. The molecule has 2 aromatic rings. The molecule has 0 heterocycles. The molecule has 0 aliphatic rings. The molecule has 0 saturated carbocycles. The van der Waals surface area contributed by atoms with Gasteiger partial charge < -0.3 is 20.1 Å². The second-order valence-corrected chi connectivity index (χ2v) is 8.94. The first-order valence-electron chi connectivity index (χ1n) is 10.9. The zero-order valence-electron chi connectivity index (χ0n) is 20.0. The Hall–Kier alpha value is -3.56. The molecule has 2 aromatic carbocycles. The second kappa shape index (κ2) is 12.2. The van der Waals surface area contributed by atoms with Crippen LogP contribution in [0.3, 0.4) is 0 Å². The van der Waals surface area contributed by atoms with E-state index in [-0.39, 0.29) is 24.8 Å². The molecule has 0 aliphatic carbocycles. The predicted molar refractivity (Wildman–Crippen MR) is 122 cm³/mol. The monoisotopic (exact) mass is 494 g/mol. The molecular weight excluding hydrogens is 465 g/mol. The highest BCUT2D eigenvalue weighted by molar-refractivity contribution is 5.86. The fraction of sp³-hybridized carbons (Fsp3) is 0.400. The standard InChI is InChI=1S/C25H29F3N2O5/c1-25(2,3)35-24(33)30-21(10-15-8-6-5-7-9-15)23(32)29-17(13-22(31)34-4)11-16-12-19(27)20(28)14-18(16)26/h5-9,12,14,17,21H,10-11,13H2,1-4H3,(H,29,32)(H,30,33)/t17-,21?/m1/s1. The van der Waals surface area contributed by atoms with E-state index in [0.717, 1.165) is 12.7 Å². The van der Waals surface area contributed by atoms with Crippen molar-refractivity contribution in [2.24, 2.45) is 0 Å². The minimum absolute atomic E-state index is 0.0936. The number of benzene rings is 2. The van der Waals surface area contributed by atoms with Gasteiger partial charge in [-0.05, 0) is 44.4 Å². The Kier molecular flexibility index (Phi) is 9.68. The molecule has 0 aliphatic heterocycles. The summed E-state index contributed by atoms with van der Waals surface area (Å²) in [5.74, 6) is -5.04. The smallest absolute Gasteiger partial charge is 0.408 e. The number of carbonyl (C=O) groups excluding carboxylic acids is 3. The predicted octanol–water partition coefficient (Wildman–Crippen LogP) is 3.83. The summed E-state index contributed by atoms with van der Waals surface area (Å²) in [7, 11) is 1.14. The van der Waals surface area contributed by atoms with Crippen LogP contribution in [0.25, 0.3) is 0 Å². The van der Waals surface area contributed by atoms with Crippen molar-refractivity contribution in [2.75, 3.05) is 7.11 Å². The maximum absolute atomic E-state index is 14.2. The molecule has 0 spiro atoms. The van der Waals surface area contributed by atoms with Gasteiger partial charge in [0.15, 0.2) is 11.6 Å². The Balaban J connectivity index is 2.26. The average molecular weight is 495 g/mol. The van der Waals surface area contributed by atoms with Gasteiger partial charge in [-0.15, -0.1) is 0 Å². The van der Waals surface area contributed by atoms with E-state index in [2.05, 4.69) is 15.4 Å². The van der Waals surface area contributed by atoms with Crippen LogP contribution in [0.4, 0.5) is 18.0 Å². The summed E-state index contributed by atoms with van der Waals surface area (Å²) >= 11 is 0. The number of alkyl carbamates (subject to hydrolysis) is 1. The fourth-order valence-electron chi connectivity index (χ4n) is 3.26. The van der Waals surface area contributed by atoms with Gasteiger partial charge in [0.05, 0.1) is 13.5 Å². The van der Waals surface area contributed by atoms with E-state index in [0.29, 0.717) is 12.1 Å². The first kappa shape index (κ1) is 27.7. The number of hydrogen-bond acceptors (Lipinski definition) is 5. The van der Waals surface area contributed by atoms with Crippen LogP contribution in [0.1, 0.15) is 38.3 Å². The van der Waals surface area contributed by atoms with Crippen LogP contribution in [-0.2, 0) is 31.9 Å². The summed E-state index contributed by atoms with van der Waals surface area (Å²) in [6.45, 7) is 5.00. The van der Waals surface area contributed by atoms with Gasteiger partial charge in [0.2, 0.25) is 5.91 Å². The highest BCUT2D eigenvalue weighted by Gasteiger charge is 2.28. The Morgan fingerprint density at radius 1 is 0.914 bits per heavy atom. The second-order valence-electron chi connectivity index (χ2n) is 8.94.